The minimum absolute atomic E-state index is 0.283. The first-order valence-corrected chi connectivity index (χ1v) is 8.02. The van der Waals surface area contributed by atoms with Crippen molar-refractivity contribution in [1.82, 2.24) is 24.4 Å². The van der Waals surface area contributed by atoms with Crippen molar-refractivity contribution in [2.75, 3.05) is 25.9 Å². The Bertz CT molecular complexity index is 750. The van der Waals surface area contributed by atoms with E-state index in [1.54, 1.807) is 28.9 Å². The summed E-state index contributed by atoms with van der Waals surface area (Å²) in [4.78, 5) is 14.0. The number of imidazole rings is 1. The van der Waals surface area contributed by atoms with Gasteiger partial charge in [-0.3, -0.25) is 9.47 Å². The first-order chi connectivity index (χ1) is 12.0. The van der Waals surface area contributed by atoms with Crippen molar-refractivity contribution in [1.29, 1.82) is 0 Å². The van der Waals surface area contributed by atoms with E-state index in [2.05, 4.69) is 15.0 Å². The van der Waals surface area contributed by atoms with Crippen LogP contribution < -0.4 is 11.5 Å². The molecule has 10 heteroatoms. The summed E-state index contributed by atoms with van der Waals surface area (Å²) in [5.74, 6) is 0.283. The average molecular weight is 349 g/mol. The molecule has 1 aliphatic rings. The summed E-state index contributed by atoms with van der Waals surface area (Å²) in [6.07, 6.45) is 3.84. The van der Waals surface area contributed by atoms with Crippen molar-refractivity contribution < 1.29 is 14.9 Å². The third kappa shape index (κ3) is 3.48. The molecule has 1 unspecified atom stereocenters. The zero-order chi connectivity index (χ0) is 18.0. The first-order valence-electron chi connectivity index (χ1n) is 8.02. The smallest absolute Gasteiger partial charge is 0.167 e. The Morgan fingerprint density at radius 2 is 2.24 bits per heavy atom. The fourth-order valence-electron chi connectivity index (χ4n) is 2.89. The highest BCUT2D eigenvalue weighted by Crippen LogP contribution is 2.33. The number of aromatic nitrogens is 4. The molecule has 0 radical (unpaired) electrons. The second kappa shape index (κ2) is 7.42. The molecule has 1 fully saturated rings. The number of anilines is 1. The van der Waals surface area contributed by atoms with Gasteiger partial charge in [0.05, 0.1) is 12.4 Å². The van der Waals surface area contributed by atoms with Crippen LogP contribution in [0.5, 0.6) is 0 Å². The molecule has 3 rings (SSSR count). The molecule has 25 heavy (non-hydrogen) atoms. The highest BCUT2D eigenvalue weighted by atomic mass is 16.5. The largest absolute Gasteiger partial charge is 0.390 e. The Balaban J connectivity index is 1.74. The first kappa shape index (κ1) is 17.7. The summed E-state index contributed by atoms with van der Waals surface area (Å²) < 4.78 is 7.58. The summed E-state index contributed by atoms with van der Waals surface area (Å²) in [6.45, 7) is 0.931. The van der Waals surface area contributed by atoms with Crippen molar-refractivity contribution in [2.24, 2.45) is 5.73 Å². The zero-order valence-corrected chi connectivity index (χ0v) is 13.9. The quantitative estimate of drug-likeness (QED) is 0.373. The molecule has 0 spiro atoms. The van der Waals surface area contributed by atoms with Crippen LogP contribution in [0.15, 0.2) is 24.8 Å². The van der Waals surface area contributed by atoms with Crippen LogP contribution in [0.3, 0.4) is 0 Å². The molecule has 6 N–H and O–H groups in total. The number of fused-ring (bicyclic) bond motifs is 1. The molecule has 4 atom stereocenters. The number of likely N-dealkylation sites (N-methyl/N-ethyl adjacent to an activating group) is 1. The van der Waals surface area contributed by atoms with Gasteiger partial charge in [-0.05, 0) is 7.05 Å². The predicted molar refractivity (Wildman–Crippen MR) is 91.1 cm³/mol. The fraction of sp³-hybridized carbons (Fsp3) is 0.533. The normalized spacial score (nSPS) is 25.4. The predicted octanol–water partition coefficient (Wildman–Crippen LogP) is -1.18. The number of aliphatic hydroxyl groups is 2. The molecule has 3 heterocycles. The van der Waals surface area contributed by atoms with Crippen LogP contribution in [-0.4, -0.2) is 73.2 Å². The van der Waals surface area contributed by atoms with Gasteiger partial charge in [-0.1, -0.05) is 12.2 Å². The van der Waals surface area contributed by atoms with Crippen LogP contribution in [-0.2, 0) is 4.74 Å². The van der Waals surface area contributed by atoms with E-state index in [0.717, 1.165) is 0 Å². The van der Waals surface area contributed by atoms with Gasteiger partial charge >= 0.3 is 0 Å². The van der Waals surface area contributed by atoms with Crippen molar-refractivity contribution in [2.45, 2.75) is 31.1 Å². The van der Waals surface area contributed by atoms with Crippen LogP contribution in [0.4, 0.5) is 5.82 Å². The Morgan fingerprint density at radius 3 is 3.00 bits per heavy atom. The molecule has 2 aromatic rings. The SMILES string of the molecule is CN(CC=CCN)C(O)[C@H]1O[C@@H](n2cnc3c(N)ncnc32)C[C@@H]1O. The lowest BCUT2D eigenvalue weighted by Gasteiger charge is -2.28. The molecular weight excluding hydrogens is 326 g/mol. The third-order valence-corrected chi connectivity index (χ3v) is 4.28. The molecule has 136 valence electrons. The molecule has 1 saturated heterocycles. The molecular formula is C15H23N7O3. The minimum atomic E-state index is -0.961. The summed E-state index contributed by atoms with van der Waals surface area (Å²) in [6, 6.07) is 0. The summed E-state index contributed by atoms with van der Waals surface area (Å²) in [5.41, 5.74) is 12.2. The van der Waals surface area contributed by atoms with Crippen molar-refractivity contribution in [3.8, 4) is 0 Å². The monoisotopic (exact) mass is 349 g/mol. The molecule has 0 amide bonds. The number of aliphatic hydroxyl groups excluding tert-OH is 2. The maximum absolute atomic E-state index is 10.5. The van der Waals surface area contributed by atoms with E-state index in [0.29, 0.717) is 30.7 Å². The second-order valence-electron chi connectivity index (χ2n) is 6.00. The van der Waals surface area contributed by atoms with Gasteiger partial charge in [-0.25, -0.2) is 15.0 Å². The van der Waals surface area contributed by atoms with Gasteiger partial charge in [-0.2, -0.15) is 0 Å². The van der Waals surface area contributed by atoms with Gasteiger partial charge < -0.3 is 26.4 Å². The van der Waals surface area contributed by atoms with Gasteiger partial charge in [0, 0.05) is 19.5 Å². The number of rotatable bonds is 6. The second-order valence-corrected chi connectivity index (χ2v) is 6.00. The number of nitrogens with zero attached hydrogens (tertiary/aromatic N) is 5. The van der Waals surface area contributed by atoms with E-state index < -0.39 is 24.7 Å². The lowest BCUT2D eigenvalue weighted by molar-refractivity contribution is -0.129. The fourth-order valence-corrected chi connectivity index (χ4v) is 2.89. The molecule has 10 nitrogen and oxygen atoms in total. The van der Waals surface area contributed by atoms with E-state index in [9.17, 15) is 10.2 Å². The number of ether oxygens (including phenoxy) is 1. The average Bonchev–Trinajstić information content (AvgIpc) is 3.18. The van der Waals surface area contributed by atoms with Gasteiger partial charge in [0.2, 0.25) is 0 Å². The Morgan fingerprint density at radius 1 is 1.44 bits per heavy atom. The van der Waals surface area contributed by atoms with Crippen LogP contribution in [0.25, 0.3) is 11.2 Å². The lowest BCUT2D eigenvalue weighted by atomic mass is 10.1. The molecule has 0 aromatic carbocycles. The van der Waals surface area contributed by atoms with Crippen molar-refractivity contribution in [3.63, 3.8) is 0 Å². The van der Waals surface area contributed by atoms with Gasteiger partial charge in [0.1, 0.15) is 30.4 Å². The molecule has 2 aromatic heterocycles. The Kier molecular flexibility index (Phi) is 5.25. The lowest BCUT2D eigenvalue weighted by Crippen LogP contribution is -2.45. The van der Waals surface area contributed by atoms with Crippen LogP contribution in [0, 0.1) is 0 Å². The zero-order valence-electron chi connectivity index (χ0n) is 13.9. The van der Waals surface area contributed by atoms with E-state index >= 15 is 0 Å². The number of hydrogen-bond donors (Lipinski definition) is 4. The highest BCUT2D eigenvalue weighted by Gasteiger charge is 2.41. The van der Waals surface area contributed by atoms with Gasteiger partial charge in [-0.15, -0.1) is 0 Å². The molecule has 0 aliphatic carbocycles. The highest BCUT2D eigenvalue weighted by molar-refractivity contribution is 5.81. The molecule has 0 saturated carbocycles. The molecule has 1 aliphatic heterocycles. The summed E-state index contributed by atoms with van der Waals surface area (Å²) in [5, 5.41) is 20.8. The summed E-state index contributed by atoms with van der Waals surface area (Å²) in [7, 11) is 1.75. The molecule has 0 bridgehead atoms. The standard InChI is InChI=1S/C15H23N7O3/c1-21(5-3-2-4-16)15(24)12-9(23)6-10(25-12)22-8-20-11-13(17)18-7-19-14(11)22/h2-3,7-10,12,15,23-24H,4-6,16H2,1H3,(H2,17,18,19)/t9-,10+,12-,15?/m0/s1. The Labute approximate surface area is 144 Å². The van der Waals surface area contributed by atoms with Crippen LogP contribution >= 0.6 is 0 Å². The van der Waals surface area contributed by atoms with E-state index in [1.807, 2.05) is 6.08 Å². The topological polar surface area (TPSA) is 149 Å². The third-order valence-electron chi connectivity index (χ3n) is 4.28. The Hall–Kier alpha value is -2.11. The van der Waals surface area contributed by atoms with E-state index in [4.69, 9.17) is 16.2 Å². The van der Waals surface area contributed by atoms with Gasteiger partial charge in [0.15, 0.2) is 11.5 Å². The van der Waals surface area contributed by atoms with Crippen LogP contribution in [0.2, 0.25) is 0 Å². The summed E-state index contributed by atoms with van der Waals surface area (Å²) >= 11 is 0. The van der Waals surface area contributed by atoms with Gasteiger partial charge in [0.25, 0.3) is 0 Å². The number of nitrogen functional groups attached to an aromatic ring is 1. The van der Waals surface area contributed by atoms with Crippen LogP contribution in [0.1, 0.15) is 12.6 Å². The number of nitrogens with two attached hydrogens (primary N) is 2. The maximum Gasteiger partial charge on any atom is 0.167 e. The van der Waals surface area contributed by atoms with E-state index in [1.165, 1.54) is 6.33 Å². The number of hydrogen-bond acceptors (Lipinski definition) is 9. The van der Waals surface area contributed by atoms with Crippen molar-refractivity contribution in [3.05, 3.63) is 24.8 Å². The minimum Gasteiger partial charge on any atom is -0.390 e. The van der Waals surface area contributed by atoms with E-state index in [-0.39, 0.29) is 5.82 Å². The maximum atomic E-state index is 10.5. The van der Waals surface area contributed by atoms with Crippen molar-refractivity contribution >= 4 is 17.0 Å².